The van der Waals surface area contributed by atoms with Crippen LogP contribution in [-0.2, 0) is 4.79 Å². The summed E-state index contributed by atoms with van der Waals surface area (Å²) in [5.41, 5.74) is -0.587. The number of pyridine rings is 1. The summed E-state index contributed by atoms with van der Waals surface area (Å²) in [6, 6.07) is 0. The van der Waals surface area contributed by atoms with Gasteiger partial charge in [-0.05, 0) is 15.9 Å². The number of amides is 1. The number of halogens is 4. The monoisotopic (exact) mass is 312 g/mol. The predicted molar refractivity (Wildman–Crippen MR) is 58.7 cm³/mol. The Hall–Kier alpha value is -1.31. The van der Waals surface area contributed by atoms with Crippen molar-refractivity contribution in [3.05, 3.63) is 27.1 Å². The molecule has 0 atom stereocenters. The van der Waals surface area contributed by atoms with Crippen LogP contribution in [0.15, 0.2) is 21.7 Å². The van der Waals surface area contributed by atoms with E-state index >= 15 is 0 Å². The van der Waals surface area contributed by atoms with Crippen LogP contribution in [0.3, 0.4) is 0 Å². The van der Waals surface area contributed by atoms with Gasteiger partial charge in [-0.25, -0.2) is 0 Å². The van der Waals surface area contributed by atoms with Gasteiger partial charge in [0.05, 0.1) is 10.9 Å². The Bertz CT molecular complexity index is 470. The molecule has 0 bridgehead atoms. The lowest BCUT2D eigenvalue weighted by Gasteiger charge is -2.06. The smallest absolute Gasteiger partial charge is 0.365 e. The van der Waals surface area contributed by atoms with Crippen LogP contribution in [0.4, 0.5) is 18.9 Å². The standard InChI is InChI=1S/C9H8BrF3N2O2/c10-5-3-14-4-6(8(5)17)15-7(16)1-2-9(11,12)13/h3-4H,1-2H2,(H,14,17)(H,15,16). The molecule has 0 aliphatic carbocycles. The van der Waals surface area contributed by atoms with E-state index in [1.807, 2.05) is 0 Å². The van der Waals surface area contributed by atoms with Crippen molar-refractivity contribution in [1.82, 2.24) is 4.98 Å². The van der Waals surface area contributed by atoms with Crippen molar-refractivity contribution >= 4 is 27.5 Å². The topological polar surface area (TPSA) is 62.0 Å². The molecule has 0 spiro atoms. The largest absolute Gasteiger partial charge is 0.389 e. The lowest BCUT2D eigenvalue weighted by atomic mass is 10.3. The van der Waals surface area contributed by atoms with Crippen molar-refractivity contribution in [1.29, 1.82) is 0 Å². The number of H-pyrrole nitrogens is 1. The zero-order chi connectivity index (χ0) is 13.1. The van der Waals surface area contributed by atoms with Crippen LogP contribution < -0.4 is 10.7 Å². The van der Waals surface area contributed by atoms with Crippen LogP contribution in [0.5, 0.6) is 0 Å². The molecule has 0 saturated heterocycles. The number of hydrogen-bond acceptors (Lipinski definition) is 2. The molecule has 0 unspecified atom stereocenters. The fourth-order valence-corrected chi connectivity index (χ4v) is 1.36. The summed E-state index contributed by atoms with van der Waals surface area (Å²) >= 11 is 2.93. The van der Waals surface area contributed by atoms with Gasteiger partial charge >= 0.3 is 6.18 Å². The van der Waals surface area contributed by atoms with E-state index in [0.29, 0.717) is 0 Å². The fourth-order valence-electron chi connectivity index (χ4n) is 1.02. The molecule has 0 radical (unpaired) electrons. The van der Waals surface area contributed by atoms with E-state index in [0.717, 1.165) is 0 Å². The molecule has 17 heavy (non-hydrogen) atoms. The number of rotatable bonds is 3. The molecule has 1 heterocycles. The van der Waals surface area contributed by atoms with Crippen LogP contribution in [0.1, 0.15) is 12.8 Å². The minimum atomic E-state index is -4.39. The highest BCUT2D eigenvalue weighted by molar-refractivity contribution is 9.10. The van der Waals surface area contributed by atoms with Crippen LogP contribution in [0.25, 0.3) is 0 Å². The number of anilines is 1. The van der Waals surface area contributed by atoms with Gasteiger partial charge in [-0.15, -0.1) is 0 Å². The van der Waals surface area contributed by atoms with Gasteiger partial charge in [0, 0.05) is 18.8 Å². The molecule has 1 rings (SSSR count). The van der Waals surface area contributed by atoms with Crippen molar-refractivity contribution in [2.24, 2.45) is 0 Å². The first-order chi connectivity index (χ1) is 7.79. The first-order valence-electron chi connectivity index (χ1n) is 4.53. The number of aromatic nitrogens is 1. The molecule has 0 aromatic carbocycles. The minimum absolute atomic E-state index is 0.0912. The number of hydrogen-bond donors (Lipinski definition) is 2. The van der Waals surface area contributed by atoms with Gasteiger partial charge < -0.3 is 10.3 Å². The zero-order valence-electron chi connectivity index (χ0n) is 8.40. The summed E-state index contributed by atoms with van der Waals surface area (Å²) in [5, 5.41) is 2.11. The average Bonchev–Trinajstić information content (AvgIpc) is 2.21. The van der Waals surface area contributed by atoms with Crippen molar-refractivity contribution in [3.8, 4) is 0 Å². The molecule has 8 heteroatoms. The molecular formula is C9H8BrF3N2O2. The fraction of sp³-hybridized carbons (Fsp3) is 0.333. The van der Waals surface area contributed by atoms with E-state index < -0.39 is 30.4 Å². The van der Waals surface area contributed by atoms with Crippen LogP contribution in [-0.4, -0.2) is 17.1 Å². The predicted octanol–water partition coefficient (Wildman–Crippen LogP) is 2.42. The number of aromatic amines is 1. The maximum absolute atomic E-state index is 11.8. The van der Waals surface area contributed by atoms with Crippen LogP contribution in [0, 0.1) is 0 Å². The van der Waals surface area contributed by atoms with Crippen molar-refractivity contribution < 1.29 is 18.0 Å². The summed E-state index contributed by atoms with van der Waals surface area (Å²) in [7, 11) is 0. The average molecular weight is 313 g/mol. The molecular weight excluding hydrogens is 305 g/mol. The third-order valence-corrected chi connectivity index (χ3v) is 2.40. The summed E-state index contributed by atoms with van der Waals surface area (Å²) in [5.74, 6) is -0.856. The second-order valence-electron chi connectivity index (χ2n) is 3.21. The Labute approximate surface area is 102 Å². The first kappa shape index (κ1) is 13.8. The summed E-state index contributed by atoms with van der Waals surface area (Å²) in [6.45, 7) is 0. The van der Waals surface area contributed by atoms with E-state index in [2.05, 4.69) is 26.2 Å². The van der Waals surface area contributed by atoms with Crippen molar-refractivity contribution in [2.75, 3.05) is 5.32 Å². The van der Waals surface area contributed by atoms with Gasteiger partial charge in [-0.2, -0.15) is 13.2 Å². The van der Waals surface area contributed by atoms with Gasteiger partial charge in [-0.1, -0.05) is 0 Å². The zero-order valence-corrected chi connectivity index (χ0v) is 9.98. The van der Waals surface area contributed by atoms with Gasteiger partial charge in [0.2, 0.25) is 11.3 Å². The van der Waals surface area contributed by atoms with Crippen LogP contribution in [0.2, 0.25) is 0 Å². The van der Waals surface area contributed by atoms with Crippen molar-refractivity contribution in [2.45, 2.75) is 19.0 Å². The number of nitrogens with one attached hydrogen (secondary N) is 2. The number of carbonyl (C=O) groups is 1. The Balaban J connectivity index is 2.63. The number of carbonyl (C=O) groups excluding carboxylic acids is 1. The van der Waals surface area contributed by atoms with E-state index in [-0.39, 0.29) is 10.2 Å². The molecule has 1 aromatic rings. The maximum Gasteiger partial charge on any atom is 0.389 e. The van der Waals surface area contributed by atoms with Crippen molar-refractivity contribution in [3.63, 3.8) is 0 Å². The lowest BCUT2D eigenvalue weighted by Crippen LogP contribution is -2.20. The SMILES string of the molecule is O=C(CCC(F)(F)F)Nc1c[nH]cc(Br)c1=O. The lowest BCUT2D eigenvalue weighted by molar-refractivity contribution is -0.142. The molecule has 0 aliphatic heterocycles. The highest BCUT2D eigenvalue weighted by Gasteiger charge is 2.28. The number of alkyl halides is 3. The van der Waals surface area contributed by atoms with Gasteiger partial charge in [-0.3, -0.25) is 9.59 Å². The highest BCUT2D eigenvalue weighted by atomic mass is 79.9. The Kier molecular flexibility index (Phi) is 4.33. The summed E-state index contributed by atoms with van der Waals surface area (Å²) in [4.78, 5) is 25.1. The second kappa shape index (κ2) is 5.35. The van der Waals surface area contributed by atoms with E-state index in [9.17, 15) is 22.8 Å². The summed E-state index contributed by atoms with van der Waals surface area (Å²) < 4.78 is 35.7. The Morgan fingerprint density at radius 3 is 2.65 bits per heavy atom. The second-order valence-corrected chi connectivity index (χ2v) is 4.06. The molecule has 0 aliphatic rings. The van der Waals surface area contributed by atoms with Gasteiger partial charge in [0.25, 0.3) is 0 Å². The van der Waals surface area contributed by atoms with Gasteiger partial charge in [0.15, 0.2) is 0 Å². The first-order valence-corrected chi connectivity index (χ1v) is 5.32. The van der Waals surface area contributed by atoms with E-state index in [1.165, 1.54) is 12.4 Å². The van der Waals surface area contributed by atoms with E-state index in [1.54, 1.807) is 0 Å². The van der Waals surface area contributed by atoms with Crippen LogP contribution >= 0.6 is 15.9 Å². The molecule has 0 saturated carbocycles. The third-order valence-electron chi connectivity index (χ3n) is 1.81. The maximum atomic E-state index is 11.8. The molecule has 4 nitrogen and oxygen atoms in total. The highest BCUT2D eigenvalue weighted by Crippen LogP contribution is 2.21. The minimum Gasteiger partial charge on any atom is -0.365 e. The molecule has 94 valence electrons. The van der Waals surface area contributed by atoms with E-state index in [4.69, 9.17) is 0 Å². The third kappa shape index (κ3) is 4.59. The quantitative estimate of drug-likeness (QED) is 0.900. The molecule has 0 fully saturated rings. The van der Waals surface area contributed by atoms with Gasteiger partial charge in [0.1, 0.15) is 5.69 Å². The summed E-state index contributed by atoms with van der Waals surface area (Å²) in [6.07, 6.45) is -3.76. The normalized spacial score (nSPS) is 11.3. The Morgan fingerprint density at radius 1 is 1.41 bits per heavy atom. The Morgan fingerprint density at radius 2 is 2.06 bits per heavy atom. The molecule has 2 N–H and O–H groups in total. The molecule has 1 amide bonds. The molecule has 1 aromatic heterocycles.